The van der Waals surface area contributed by atoms with Crippen molar-refractivity contribution in [2.75, 3.05) is 19.8 Å². The first-order valence-corrected chi connectivity index (χ1v) is 25.5. The number of esters is 2. The zero-order valence-corrected chi connectivity index (χ0v) is 39.1. The Morgan fingerprint density at radius 3 is 1.24 bits per heavy atom. The first kappa shape index (κ1) is 56.1. The standard InChI is InChI=1S/C53H98O5/c1-4-7-10-13-16-18-20-22-24-26-28-30-32-34-36-39-42-45-48-56-49-51(58-53(55)47-44-41-37-15-12-9-6-3)50-57-52(54)46-43-40-38-35-33-31-29-27-25-23-21-19-17-14-11-8-5-2/h7,10,16,18,22,24,51H,4-6,8-9,11-15,17,19-21,23,25-50H2,1-3H3/b10-7-,18-16-,24-22-. The highest BCUT2D eigenvalue weighted by atomic mass is 16.6. The van der Waals surface area contributed by atoms with Gasteiger partial charge in [-0.15, -0.1) is 0 Å². The summed E-state index contributed by atoms with van der Waals surface area (Å²) >= 11 is 0. The molecule has 5 nitrogen and oxygen atoms in total. The second-order valence-corrected chi connectivity index (χ2v) is 17.1. The second-order valence-electron chi connectivity index (χ2n) is 17.1. The molecule has 340 valence electrons. The number of rotatable bonds is 47. The van der Waals surface area contributed by atoms with E-state index in [0.29, 0.717) is 19.4 Å². The molecule has 0 amide bonds. The fourth-order valence-corrected chi connectivity index (χ4v) is 7.41. The molecule has 5 heteroatoms. The molecule has 0 saturated carbocycles. The van der Waals surface area contributed by atoms with Crippen LogP contribution in [0.3, 0.4) is 0 Å². The molecule has 0 aliphatic rings. The van der Waals surface area contributed by atoms with Gasteiger partial charge in [0.25, 0.3) is 0 Å². The monoisotopic (exact) mass is 815 g/mol. The van der Waals surface area contributed by atoms with Gasteiger partial charge in [0.2, 0.25) is 0 Å². The van der Waals surface area contributed by atoms with Crippen molar-refractivity contribution in [1.82, 2.24) is 0 Å². The van der Waals surface area contributed by atoms with Crippen LogP contribution in [-0.2, 0) is 23.8 Å². The van der Waals surface area contributed by atoms with E-state index in [1.807, 2.05) is 0 Å². The quantitative estimate of drug-likeness (QED) is 0.0348. The van der Waals surface area contributed by atoms with E-state index in [-0.39, 0.29) is 25.2 Å². The number of hydrogen-bond acceptors (Lipinski definition) is 5. The molecule has 1 atom stereocenters. The summed E-state index contributed by atoms with van der Waals surface area (Å²) in [5.41, 5.74) is 0. The minimum atomic E-state index is -0.532. The molecule has 0 saturated heterocycles. The smallest absolute Gasteiger partial charge is 0.306 e. The molecule has 1 unspecified atom stereocenters. The van der Waals surface area contributed by atoms with Crippen LogP contribution in [0.4, 0.5) is 0 Å². The van der Waals surface area contributed by atoms with E-state index < -0.39 is 6.10 Å². The molecule has 0 aliphatic heterocycles. The molecule has 0 aromatic heterocycles. The van der Waals surface area contributed by atoms with Crippen molar-refractivity contribution in [2.45, 2.75) is 271 Å². The first-order valence-electron chi connectivity index (χ1n) is 25.5. The molecule has 0 N–H and O–H groups in total. The van der Waals surface area contributed by atoms with E-state index in [1.54, 1.807) is 0 Å². The first-order chi connectivity index (χ1) is 28.6. The van der Waals surface area contributed by atoms with Crippen molar-refractivity contribution in [3.05, 3.63) is 36.5 Å². The molecule has 0 heterocycles. The molecule has 0 spiro atoms. The minimum Gasteiger partial charge on any atom is -0.462 e. The van der Waals surface area contributed by atoms with Gasteiger partial charge in [-0.1, -0.05) is 237 Å². The molecule has 0 bridgehead atoms. The average molecular weight is 815 g/mol. The van der Waals surface area contributed by atoms with Crippen LogP contribution < -0.4 is 0 Å². The average Bonchev–Trinajstić information content (AvgIpc) is 3.22. The Morgan fingerprint density at radius 2 is 0.776 bits per heavy atom. The van der Waals surface area contributed by atoms with E-state index in [9.17, 15) is 9.59 Å². The molecule has 0 rings (SSSR count). The topological polar surface area (TPSA) is 61.8 Å². The predicted octanol–water partition coefficient (Wildman–Crippen LogP) is 17.0. The van der Waals surface area contributed by atoms with E-state index in [1.165, 1.54) is 173 Å². The Labute approximate surface area is 361 Å². The molecule has 0 aromatic rings. The third-order valence-electron chi connectivity index (χ3n) is 11.2. The highest BCUT2D eigenvalue weighted by molar-refractivity contribution is 5.70. The van der Waals surface area contributed by atoms with Gasteiger partial charge >= 0.3 is 11.9 Å². The van der Waals surface area contributed by atoms with Crippen molar-refractivity contribution >= 4 is 11.9 Å². The lowest BCUT2D eigenvalue weighted by atomic mass is 10.0. The van der Waals surface area contributed by atoms with Gasteiger partial charge in [0, 0.05) is 19.4 Å². The minimum absolute atomic E-state index is 0.0876. The fourth-order valence-electron chi connectivity index (χ4n) is 7.41. The Kier molecular flexibility index (Phi) is 47.9. The summed E-state index contributed by atoms with van der Waals surface area (Å²) in [6.45, 7) is 7.71. The number of carbonyl (C=O) groups is 2. The van der Waals surface area contributed by atoms with Crippen molar-refractivity contribution in [2.24, 2.45) is 0 Å². The van der Waals surface area contributed by atoms with Crippen LogP contribution >= 0.6 is 0 Å². The van der Waals surface area contributed by atoms with Gasteiger partial charge in [0.15, 0.2) is 6.10 Å². The van der Waals surface area contributed by atoms with Gasteiger partial charge in [-0.05, 0) is 51.4 Å². The summed E-state index contributed by atoms with van der Waals surface area (Å²) in [4.78, 5) is 25.2. The molecule has 0 aliphatic carbocycles. The van der Waals surface area contributed by atoms with Gasteiger partial charge in [-0.2, -0.15) is 0 Å². The lowest BCUT2D eigenvalue weighted by molar-refractivity contribution is -0.163. The van der Waals surface area contributed by atoms with Crippen LogP contribution in [0.15, 0.2) is 36.5 Å². The van der Waals surface area contributed by atoms with Crippen molar-refractivity contribution in [3.8, 4) is 0 Å². The van der Waals surface area contributed by atoms with Gasteiger partial charge in [0.05, 0.1) is 6.61 Å². The van der Waals surface area contributed by atoms with Crippen LogP contribution in [-0.4, -0.2) is 37.9 Å². The Hall–Kier alpha value is -1.88. The molecular formula is C53H98O5. The van der Waals surface area contributed by atoms with Crippen LogP contribution in [0.25, 0.3) is 0 Å². The summed E-state index contributed by atoms with van der Waals surface area (Å²) in [6, 6.07) is 0. The summed E-state index contributed by atoms with van der Waals surface area (Å²) in [5.74, 6) is -0.393. The molecule has 58 heavy (non-hydrogen) atoms. The third kappa shape index (κ3) is 46.8. The molecule has 0 radical (unpaired) electrons. The van der Waals surface area contributed by atoms with Crippen LogP contribution in [0, 0.1) is 0 Å². The summed E-state index contributed by atoms with van der Waals surface area (Å²) in [5, 5.41) is 0. The maximum Gasteiger partial charge on any atom is 0.306 e. The van der Waals surface area contributed by atoms with E-state index in [0.717, 1.165) is 57.8 Å². The number of ether oxygens (including phenoxy) is 3. The summed E-state index contributed by atoms with van der Waals surface area (Å²) in [6.07, 6.45) is 58.8. The van der Waals surface area contributed by atoms with Crippen molar-refractivity contribution < 1.29 is 23.8 Å². The van der Waals surface area contributed by atoms with Gasteiger partial charge < -0.3 is 14.2 Å². The second kappa shape index (κ2) is 49.5. The Bertz CT molecular complexity index is 924. The largest absolute Gasteiger partial charge is 0.462 e. The lowest BCUT2D eigenvalue weighted by Gasteiger charge is -2.18. The normalized spacial score (nSPS) is 12.4. The number of allylic oxidation sites excluding steroid dienone is 6. The predicted molar refractivity (Wildman–Crippen MR) is 252 cm³/mol. The number of unbranched alkanes of at least 4 members (excludes halogenated alkanes) is 30. The van der Waals surface area contributed by atoms with E-state index in [2.05, 4.69) is 57.2 Å². The highest BCUT2D eigenvalue weighted by Crippen LogP contribution is 2.16. The lowest BCUT2D eigenvalue weighted by Crippen LogP contribution is -2.30. The number of carbonyl (C=O) groups excluding carboxylic acids is 2. The van der Waals surface area contributed by atoms with Gasteiger partial charge in [-0.25, -0.2) is 0 Å². The molecular weight excluding hydrogens is 717 g/mol. The van der Waals surface area contributed by atoms with E-state index in [4.69, 9.17) is 14.2 Å². The fraction of sp³-hybridized carbons (Fsp3) is 0.849. The maximum atomic E-state index is 12.7. The SMILES string of the molecule is CC/C=C\C/C=C\C/C=C\CCCCCCCCCCOCC(COC(=O)CCCCCCCCCCCCCCCCCCC)OC(=O)CCCCCCCCC. The Morgan fingerprint density at radius 1 is 0.397 bits per heavy atom. The summed E-state index contributed by atoms with van der Waals surface area (Å²) in [7, 11) is 0. The van der Waals surface area contributed by atoms with Crippen LogP contribution in [0.1, 0.15) is 265 Å². The number of hydrogen-bond donors (Lipinski definition) is 0. The van der Waals surface area contributed by atoms with Crippen molar-refractivity contribution in [3.63, 3.8) is 0 Å². The summed E-state index contributed by atoms with van der Waals surface area (Å²) < 4.78 is 17.3. The maximum absolute atomic E-state index is 12.7. The van der Waals surface area contributed by atoms with Crippen molar-refractivity contribution in [1.29, 1.82) is 0 Å². The molecule has 0 fully saturated rings. The van der Waals surface area contributed by atoms with Gasteiger partial charge in [0.1, 0.15) is 6.61 Å². The third-order valence-corrected chi connectivity index (χ3v) is 11.2. The zero-order valence-electron chi connectivity index (χ0n) is 39.1. The molecule has 0 aromatic carbocycles. The highest BCUT2D eigenvalue weighted by Gasteiger charge is 2.17. The van der Waals surface area contributed by atoms with Crippen LogP contribution in [0.2, 0.25) is 0 Å². The zero-order chi connectivity index (χ0) is 42.1. The van der Waals surface area contributed by atoms with Crippen LogP contribution in [0.5, 0.6) is 0 Å². The van der Waals surface area contributed by atoms with E-state index >= 15 is 0 Å². The Balaban J connectivity index is 4.08. The van der Waals surface area contributed by atoms with Gasteiger partial charge in [-0.3, -0.25) is 9.59 Å².